The van der Waals surface area contributed by atoms with Gasteiger partial charge in [-0.1, -0.05) is 35.4 Å². The zero-order valence-corrected chi connectivity index (χ0v) is 10.3. The fourth-order valence-corrected chi connectivity index (χ4v) is 2.17. The van der Waals surface area contributed by atoms with Gasteiger partial charge in [0.15, 0.2) is 0 Å². The predicted molar refractivity (Wildman–Crippen MR) is 60.2 cm³/mol. The summed E-state index contributed by atoms with van der Waals surface area (Å²) in [6.45, 7) is 0. The number of hydrogen-bond donors (Lipinski definition) is 1. The van der Waals surface area contributed by atoms with Gasteiger partial charge in [-0.15, -0.1) is 0 Å². The second kappa shape index (κ2) is 7.08. The van der Waals surface area contributed by atoms with Gasteiger partial charge < -0.3 is 0 Å². The quantitative estimate of drug-likeness (QED) is 0.440. The van der Waals surface area contributed by atoms with Crippen molar-refractivity contribution in [2.24, 2.45) is 0 Å². The van der Waals surface area contributed by atoms with E-state index in [1.54, 1.807) is 0 Å². The van der Waals surface area contributed by atoms with Crippen LogP contribution in [-0.4, -0.2) is 25.6 Å². The van der Waals surface area contributed by atoms with Crippen LogP contribution in [0.4, 0.5) is 0 Å². The molecule has 0 atom stereocenters. The summed E-state index contributed by atoms with van der Waals surface area (Å²) in [5.41, 5.74) is 0. The first-order valence-corrected chi connectivity index (χ1v) is 7.27. The van der Waals surface area contributed by atoms with E-state index in [9.17, 15) is 8.42 Å². The van der Waals surface area contributed by atoms with Crippen LogP contribution >= 0.6 is 22.6 Å². The lowest BCUT2D eigenvalue weighted by Crippen LogP contribution is -2.21. The van der Waals surface area contributed by atoms with Gasteiger partial charge in [0.25, 0.3) is 0 Å². The van der Waals surface area contributed by atoms with Gasteiger partial charge in [0.1, 0.15) is 0 Å². The van der Waals surface area contributed by atoms with Crippen LogP contribution < -0.4 is 4.72 Å². The van der Waals surface area contributed by atoms with Crippen LogP contribution in [0.5, 0.6) is 0 Å². The molecule has 74 valence electrons. The molecule has 1 N–H and O–H groups in total. The Balaban J connectivity index is 3.32. The van der Waals surface area contributed by atoms with Crippen molar-refractivity contribution in [2.45, 2.75) is 25.7 Å². The third-order valence-electron chi connectivity index (χ3n) is 1.61. The Hall–Kier alpha value is 0.640. The van der Waals surface area contributed by atoms with E-state index in [0.717, 1.165) is 23.7 Å². The minimum Gasteiger partial charge on any atom is -0.218 e. The smallest absolute Gasteiger partial charge is 0.211 e. The summed E-state index contributed by atoms with van der Waals surface area (Å²) in [6, 6.07) is 0. The minimum absolute atomic E-state index is 0.269. The van der Waals surface area contributed by atoms with E-state index < -0.39 is 10.0 Å². The van der Waals surface area contributed by atoms with Gasteiger partial charge in [-0.05, 0) is 24.3 Å². The van der Waals surface area contributed by atoms with E-state index in [4.69, 9.17) is 0 Å². The normalized spacial score (nSPS) is 11.8. The maximum Gasteiger partial charge on any atom is 0.211 e. The molecule has 5 heteroatoms. The summed E-state index contributed by atoms with van der Waals surface area (Å²) >= 11 is 2.33. The first-order valence-electron chi connectivity index (χ1n) is 4.09. The van der Waals surface area contributed by atoms with E-state index in [-0.39, 0.29) is 5.75 Å². The summed E-state index contributed by atoms with van der Waals surface area (Å²) in [6.07, 6.45) is 4.13. The lowest BCUT2D eigenvalue weighted by atomic mass is 10.2. The van der Waals surface area contributed by atoms with Crippen LogP contribution in [0.25, 0.3) is 0 Å². The van der Waals surface area contributed by atoms with Gasteiger partial charge in [-0.2, -0.15) is 0 Å². The summed E-state index contributed by atoms with van der Waals surface area (Å²) in [4.78, 5) is 0. The van der Waals surface area contributed by atoms with Crippen molar-refractivity contribution in [1.29, 1.82) is 0 Å². The van der Waals surface area contributed by atoms with Crippen LogP contribution in [0.2, 0.25) is 0 Å². The van der Waals surface area contributed by atoms with Crippen molar-refractivity contribution in [3.63, 3.8) is 0 Å². The molecule has 0 unspecified atom stereocenters. The molecule has 0 aliphatic heterocycles. The van der Waals surface area contributed by atoms with Crippen molar-refractivity contribution in [1.82, 2.24) is 4.72 Å². The Labute approximate surface area is 88.5 Å². The largest absolute Gasteiger partial charge is 0.218 e. The average molecular weight is 305 g/mol. The SMILES string of the molecule is CNS(=O)(=O)CCCCCCI. The number of rotatable bonds is 7. The van der Waals surface area contributed by atoms with Gasteiger partial charge in [-0.3, -0.25) is 0 Å². The fraction of sp³-hybridized carbons (Fsp3) is 1.00. The first-order chi connectivity index (χ1) is 5.62. The number of hydrogen-bond acceptors (Lipinski definition) is 2. The predicted octanol–water partition coefficient (Wildman–Crippen LogP) is 1.53. The summed E-state index contributed by atoms with van der Waals surface area (Å²) in [5, 5.41) is 0. The molecule has 0 aliphatic carbocycles. The van der Waals surface area contributed by atoms with Crippen LogP contribution in [0.15, 0.2) is 0 Å². The highest BCUT2D eigenvalue weighted by molar-refractivity contribution is 14.1. The number of halogens is 1. The summed E-state index contributed by atoms with van der Waals surface area (Å²) in [7, 11) is -1.50. The molecule has 0 heterocycles. The molecule has 12 heavy (non-hydrogen) atoms. The second-order valence-corrected chi connectivity index (χ2v) is 5.75. The number of unbranched alkanes of at least 4 members (excludes halogenated alkanes) is 3. The standard InChI is InChI=1S/C7H16INO2S/c1-9-12(10,11)7-5-3-2-4-6-8/h9H,2-7H2,1H3. The Morgan fingerprint density at radius 2 is 1.75 bits per heavy atom. The molecule has 0 radical (unpaired) electrons. The molecule has 0 saturated carbocycles. The van der Waals surface area contributed by atoms with Crippen molar-refractivity contribution in [2.75, 3.05) is 17.2 Å². The number of sulfonamides is 1. The maximum absolute atomic E-state index is 10.9. The summed E-state index contributed by atoms with van der Waals surface area (Å²) < 4.78 is 25.3. The molecule has 0 aromatic carbocycles. The highest BCUT2D eigenvalue weighted by Crippen LogP contribution is 2.03. The molecule has 0 spiro atoms. The molecular weight excluding hydrogens is 289 g/mol. The molecule has 0 aliphatic rings. The van der Waals surface area contributed by atoms with Crippen molar-refractivity contribution in [3.05, 3.63) is 0 Å². The Bertz CT molecular complexity index is 192. The molecule has 0 fully saturated rings. The highest BCUT2D eigenvalue weighted by atomic mass is 127. The van der Waals surface area contributed by atoms with E-state index in [1.807, 2.05) is 0 Å². The van der Waals surface area contributed by atoms with Crippen molar-refractivity contribution >= 4 is 32.6 Å². The third kappa shape index (κ3) is 7.30. The Morgan fingerprint density at radius 1 is 1.17 bits per heavy atom. The average Bonchev–Trinajstić information content (AvgIpc) is 2.04. The zero-order valence-electron chi connectivity index (χ0n) is 7.35. The van der Waals surface area contributed by atoms with Gasteiger partial charge in [0.05, 0.1) is 5.75 Å². The van der Waals surface area contributed by atoms with Crippen LogP contribution in [0.3, 0.4) is 0 Å². The summed E-state index contributed by atoms with van der Waals surface area (Å²) in [5.74, 6) is 0.269. The van der Waals surface area contributed by atoms with E-state index >= 15 is 0 Å². The van der Waals surface area contributed by atoms with Gasteiger partial charge in [0, 0.05) is 0 Å². The maximum atomic E-state index is 10.9. The molecular formula is C7H16INO2S. The molecule has 0 amide bonds. The topological polar surface area (TPSA) is 46.2 Å². The molecule has 0 rings (SSSR count). The minimum atomic E-state index is -2.96. The highest BCUT2D eigenvalue weighted by Gasteiger charge is 2.04. The lowest BCUT2D eigenvalue weighted by molar-refractivity contribution is 0.581. The number of alkyl halides is 1. The van der Waals surface area contributed by atoms with E-state index in [0.29, 0.717) is 0 Å². The van der Waals surface area contributed by atoms with Crippen molar-refractivity contribution in [3.8, 4) is 0 Å². The molecule has 0 bridgehead atoms. The van der Waals surface area contributed by atoms with Crippen LogP contribution in [0.1, 0.15) is 25.7 Å². The third-order valence-corrected chi connectivity index (χ3v) is 3.82. The van der Waals surface area contributed by atoms with Crippen molar-refractivity contribution < 1.29 is 8.42 Å². The van der Waals surface area contributed by atoms with E-state index in [1.165, 1.54) is 13.5 Å². The molecule has 3 nitrogen and oxygen atoms in total. The van der Waals surface area contributed by atoms with Gasteiger partial charge in [-0.25, -0.2) is 13.1 Å². The monoisotopic (exact) mass is 305 g/mol. The molecule has 0 saturated heterocycles. The lowest BCUT2D eigenvalue weighted by Gasteiger charge is -2.01. The molecule has 0 aromatic rings. The molecule has 0 aromatic heterocycles. The van der Waals surface area contributed by atoms with Crippen LogP contribution in [0, 0.1) is 0 Å². The number of nitrogens with one attached hydrogen (secondary N) is 1. The fourth-order valence-electron chi connectivity index (χ4n) is 0.842. The Morgan fingerprint density at radius 3 is 2.25 bits per heavy atom. The van der Waals surface area contributed by atoms with E-state index in [2.05, 4.69) is 27.3 Å². The Kier molecular flexibility index (Phi) is 7.46. The zero-order chi connectivity index (χ0) is 9.45. The second-order valence-electron chi connectivity index (χ2n) is 2.63. The van der Waals surface area contributed by atoms with Crippen LogP contribution in [-0.2, 0) is 10.0 Å². The van der Waals surface area contributed by atoms with Gasteiger partial charge in [0.2, 0.25) is 10.0 Å². The first kappa shape index (κ1) is 12.6. The van der Waals surface area contributed by atoms with Gasteiger partial charge >= 0.3 is 0 Å².